The number of allylic oxidation sites excluding steroid dienone is 1. The van der Waals surface area contributed by atoms with Gasteiger partial charge in [0.2, 0.25) is 5.91 Å². The molecular formula is C21H20N2O4. The lowest BCUT2D eigenvalue weighted by atomic mass is 10.0. The van der Waals surface area contributed by atoms with Gasteiger partial charge < -0.3 is 14.6 Å². The smallest absolute Gasteiger partial charge is 0.255 e. The molecule has 2 aliphatic rings. The number of amides is 2. The number of fused-ring (bicyclic) bond motifs is 1. The van der Waals surface area contributed by atoms with Crippen LogP contribution in [0.5, 0.6) is 0 Å². The predicted octanol–water partition coefficient (Wildman–Crippen LogP) is 2.84. The Labute approximate surface area is 156 Å². The van der Waals surface area contributed by atoms with Crippen molar-refractivity contribution < 1.29 is 18.8 Å². The predicted molar refractivity (Wildman–Crippen MR) is 98.0 cm³/mol. The molecule has 6 heteroatoms. The molecule has 1 N–H and O–H groups in total. The second-order valence-corrected chi connectivity index (χ2v) is 6.97. The van der Waals surface area contributed by atoms with Crippen molar-refractivity contribution in [2.45, 2.75) is 38.3 Å². The second kappa shape index (κ2) is 6.87. The Bertz CT molecular complexity index is 930. The third-order valence-corrected chi connectivity index (χ3v) is 5.14. The van der Waals surface area contributed by atoms with Gasteiger partial charge in [0.1, 0.15) is 6.04 Å². The van der Waals surface area contributed by atoms with Crippen LogP contribution in [0.4, 0.5) is 0 Å². The van der Waals surface area contributed by atoms with Gasteiger partial charge in [0.25, 0.3) is 5.91 Å². The number of ketones is 1. The van der Waals surface area contributed by atoms with Gasteiger partial charge in [-0.2, -0.15) is 0 Å². The van der Waals surface area contributed by atoms with Crippen molar-refractivity contribution in [2.24, 2.45) is 0 Å². The molecule has 1 saturated heterocycles. The summed E-state index contributed by atoms with van der Waals surface area (Å²) in [5.74, 6) is 0.0345. The fourth-order valence-corrected chi connectivity index (χ4v) is 3.68. The molecule has 27 heavy (non-hydrogen) atoms. The minimum Gasteiger partial charge on any atom is -0.461 e. The van der Waals surface area contributed by atoms with Crippen LogP contribution in [0.25, 0.3) is 0 Å². The standard InChI is InChI=1S/C21H20N2O4/c1-13-4-8-17(20(25)22-13)23-12-15-11-14(5-7-16(15)21(23)26)6-9-18(24)19-3-2-10-27-19/h2-3,5,7,10-11,17H,1,4,6,8-9,12H2,(H,22,25). The van der Waals surface area contributed by atoms with Crippen LogP contribution in [-0.2, 0) is 17.8 Å². The van der Waals surface area contributed by atoms with E-state index < -0.39 is 6.04 Å². The zero-order valence-corrected chi connectivity index (χ0v) is 14.9. The van der Waals surface area contributed by atoms with Crippen molar-refractivity contribution >= 4 is 17.6 Å². The molecular weight excluding hydrogens is 344 g/mol. The first-order valence-electron chi connectivity index (χ1n) is 9.01. The SMILES string of the molecule is C=C1CCC(N2Cc3cc(CCC(=O)c4ccco4)ccc3C2=O)C(=O)N1. The topological polar surface area (TPSA) is 79.6 Å². The number of benzene rings is 1. The van der Waals surface area contributed by atoms with E-state index in [2.05, 4.69) is 11.9 Å². The summed E-state index contributed by atoms with van der Waals surface area (Å²) < 4.78 is 5.13. The van der Waals surface area contributed by atoms with E-state index in [0.29, 0.717) is 49.2 Å². The summed E-state index contributed by atoms with van der Waals surface area (Å²) in [5, 5.41) is 2.74. The lowest BCUT2D eigenvalue weighted by Gasteiger charge is -2.30. The minimum absolute atomic E-state index is 0.0442. The summed E-state index contributed by atoms with van der Waals surface area (Å²) >= 11 is 0. The average molecular weight is 364 g/mol. The number of rotatable bonds is 5. The molecule has 3 heterocycles. The van der Waals surface area contributed by atoms with Gasteiger partial charge >= 0.3 is 0 Å². The van der Waals surface area contributed by atoms with Gasteiger partial charge in [-0.1, -0.05) is 18.7 Å². The average Bonchev–Trinajstić information content (AvgIpc) is 3.29. The van der Waals surface area contributed by atoms with Crippen molar-refractivity contribution in [1.29, 1.82) is 0 Å². The molecule has 4 rings (SSSR count). The quantitative estimate of drug-likeness (QED) is 0.828. The van der Waals surface area contributed by atoms with E-state index in [4.69, 9.17) is 4.42 Å². The van der Waals surface area contributed by atoms with Gasteiger partial charge in [0.15, 0.2) is 11.5 Å². The van der Waals surface area contributed by atoms with Crippen LogP contribution < -0.4 is 5.32 Å². The zero-order chi connectivity index (χ0) is 19.0. The molecule has 1 aromatic heterocycles. The molecule has 138 valence electrons. The highest BCUT2D eigenvalue weighted by Gasteiger charge is 2.38. The highest BCUT2D eigenvalue weighted by atomic mass is 16.3. The van der Waals surface area contributed by atoms with Crippen molar-refractivity contribution in [3.8, 4) is 0 Å². The monoisotopic (exact) mass is 364 g/mol. The van der Waals surface area contributed by atoms with Gasteiger partial charge in [0, 0.05) is 24.2 Å². The lowest BCUT2D eigenvalue weighted by Crippen LogP contribution is -2.49. The Kier molecular flexibility index (Phi) is 4.39. The molecule has 0 saturated carbocycles. The summed E-state index contributed by atoms with van der Waals surface area (Å²) in [6, 6.07) is 8.52. The number of hydrogen-bond donors (Lipinski definition) is 1. The Balaban J connectivity index is 1.45. The molecule has 1 atom stereocenters. The first kappa shape index (κ1) is 17.3. The van der Waals surface area contributed by atoms with E-state index in [1.54, 1.807) is 23.1 Å². The molecule has 1 unspecified atom stereocenters. The molecule has 2 aliphatic heterocycles. The number of nitrogens with zero attached hydrogens (tertiary/aromatic N) is 1. The maximum absolute atomic E-state index is 12.7. The van der Waals surface area contributed by atoms with E-state index in [1.807, 2.05) is 12.1 Å². The van der Waals surface area contributed by atoms with Gasteiger partial charge in [-0.3, -0.25) is 14.4 Å². The van der Waals surface area contributed by atoms with Crippen LogP contribution in [0.1, 0.15) is 51.3 Å². The van der Waals surface area contributed by atoms with Crippen LogP contribution >= 0.6 is 0 Å². The third-order valence-electron chi connectivity index (χ3n) is 5.14. The summed E-state index contributed by atoms with van der Waals surface area (Å²) in [7, 11) is 0. The summed E-state index contributed by atoms with van der Waals surface area (Å²) in [4.78, 5) is 38.7. The van der Waals surface area contributed by atoms with Crippen LogP contribution in [0.2, 0.25) is 0 Å². The molecule has 0 radical (unpaired) electrons. The van der Waals surface area contributed by atoms with Gasteiger partial charge in [-0.15, -0.1) is 0 Å². The number of piperidine rings is 1. The molecule has 0 bridgehead atoms. The van der Waals surface area contributed by atoms with Crippen molar-refractivity contribution in [3.63, 3.8) is 0 Å². The lowest BCUT2D eigenvalue weighted by molar-refractivity contribution is -0.126. The molecule has 0 spiro atoms. The molecule has 2 aromatic rings. The zero-order valence-electron chi connectivity index (χ0n) is 14.9. The van der Waals surface area contributed by atoms with Crippen LogP contribution in [0.3, 0.4) is 0 Å². The molecule has 6 nitrogen and oxygen atoms in total. The molecule has 1 aromatic carbocycles. The first-order chi connectivity index (χ1) is 13.0. The number of hydrogen-bond acceptors (Lipinski definition) is 4. The minimum atomic E-state index is -0.459. The normalized spacial score (nSPS) is 19.2. The van der Waals surface area contributed by atoms with Crippen LogP contribution in [-0.4, -0.2) is 28.5 Å². The largest absolute Gasteiger partial charge is 0.461 e. The highest BCUT2D eigenvalue weighted by molar-refractivity contribution is 6.01. The van der Waals surface area contributed by atoms with Crippen LogP contribution in [0.15, 0.2) is 53.3 Å². The summed E-state index contributed by atoms with van der Waals surface area (Å²) in [5.41, 5.74) is 3.22. The maximum Gasteiger partial charge on any atom is 0.255 e. The van der Waals surface area contributed by atoms with Gasteiger partial charge in [0.05, 0.1) is 6.26 Å². The van der Waals surface area contributed by atoms with Crippen LogP contribution in [0, 0.1) is 0 Å². The van der Waals surface area contributed by atoms with E-state index >= 15 is 0 Å². The van der Waals surface area contributed by atoms with E-state index in [9.17, 15) is 14.4 Å². The number of furan rings is 1. The third kappa shape index (κ3) is 3.30. The number of nitrogens with one attached hydrogen (secondary N) is 1. The molecule has 2 amide bonds. The van der Waals surface area contributed by atoms with Crippen molar-refractivity contribution in [2.75, 3.05) is 0 Å². The number of carbonyl (C=O) groups is 3. The van der Waals surface area contributed by atoms with Crippen molar-refractivity contribution in [3.05, 3.63) is 71.3 Å². The summed E-state index contributed by atoms with van der Waals surface area (Å²) in [6.45, 7) is 4.19. The Morgan fingerprint density at radius 3 is 2.89 bits per heavy atom. The van der Waals surface area contributed by atoms with Crippen molar-refractivity contribution in [1.82, 2.24) is 10.2 Å². The molecule has 0 aliphatic carbocycles. The fraction of sp³-hybridized carbons (Fsp3) is 0.286. The first-order valence-corrected chi connectivity index (χ1v) is 9.01. The van der Waals surface area contributed by atoms with Gasteiger partial charge in [-0.25, -0.2) is 0 Å². The fourth-order valence-electron chi connectivity index (χ4n) is 3.68. The second-order valence-electron chi connectivity index (χ2n) is 6.97. The number of carbonyl (C=O) groups excluding carboxylic acids is 3. The summed E-state index contributed by atoms with van der Waals surface area (Å²) in [6.07, 6.45) is 3.67. The van der Waals surface area contributed by atoms with E-state index in [-0.39, 0.29) is 17.6 Å². The van der Waals surface area contributed by atoms with E-state index in [1.165, 1.54) is 6.26 Å². The number of aryl methyl sites for hydroxylation is 1. The number of Topliss-reactive ketones (excluding diaryl/α,β-unsaturated/α-hetero) is 1. The molecule has 1 fully saturated rings. The Morgan fingerprint density at radius 2 is 2.15 bits per heavy atom. The Hall–Kier alpha value is -3.15. The van der Waals surface area contributed by atoms with E-state index in [0.717, 1.165) is 11.1 Å². The van der Waals surface area contributed by atoms with Gasteiger partial charge in [-0.05, 0) is 48.6 Å². The maximum atomic E-state index is 12.7. The highest BCUT2D eigenvalue weighted by Crippen LogP contribution is 2.29. The Morgan fingerprint density at radius 1 is 1.30 bits per heavy atom.